The summed E-state index contributed by atoms with van der Waals surface area (Å²) in [5.74, 6) is 1.51. The number of quaternary nitrogens is 1. The van der Waals surface area contributed by atoms with Gasteiger partial charge >= 0.3 is 0 Å². The number of hydrogen-bond donors (Lipinski definition) is 1. The van der Waals surface area contributed by atoms with Gasteiger partial charge in [-0.25, -0.2) is 8.42 Å². The first-order valence-corrected chi connectivity index (χ1v) is 11.7. The van der Waals surface area contributed by atoms with Gasteiger partial charge in [-0.15, -0.1) is 5.10 Å². The summed E-state index contributed by atoms with van der Waals surface area (Å²) in [5, 5.41) is 5.61. The highest BCUT2D eigenvalue weighted by Crippen LogP contribution is 2.28. The summed E-state index contributed by atoms with van der Waals surface area (Å²) >= 11 is 5.31. The second kappa shape index (κ2) is 7.46. The molecule has 2 aromatic heterocycles. The normalized spacial score (nSPS) is 20.0. The molecule has 1 saturated heterocycles. The van der Waals surface area contributed by atoms with Crippen LogP contribution in [0.2, 0.25) is 0 Å². The van der Waals surface area contributed by atoms with Crippen LogP contribution in [0.15, 0.2) is 33.1 Å². The van der Waals surface area contributed by atoms with Crippen molar-refractivity contribution in [1.82, 2.24) is 9.78 Å². The summed E-state index contributed by atoms with van der Waals surface area (Å²) in [6.45, 7) is 3.39. The van der Waals surface area contributed by atoms with Crippen molar-refractivity contribution in [2.75, 3.05) is 18.6 Å². The van der Waals surface area contributed by atoms with Crippen molar-refractivity contribution in [1.29, 1.82) is 0 Å². The van der Waals surface area contributed by atoms with E-state index in [0.29, 0.717) is 19.0 Å². The molecule has 0 amide bonds. The highest BCUT2D eigenvalue weighted by molar-refractivity contribution is 7.91. The maximum atomic E-state index is 11.7. The molecule has 1 aromatic carbocycles. The summed E-state index contributed by atoms with van der Waals surface area (Å²) in [6, 6.07) is 8.07. The third-order valence-electron chi connectivity index (χ3n) is 5.20. The number of furan rings is 1. The first-order valence-electron chi connectivity index (χ1n) is 9.45. The van der Waals surface area contributed by atoms with Gasteiger partial charge in [0.2, 0.25) is 5.89 Å². The lowest BCUT2D eigenvalue weighted by molar-refractivity contribution is -0.917. The average molecular weight is 423 g/mol. The fourth-order valence-electron chi connectivity index (χ4n) is 3.82. The molecule has 0 spiro atoms. The SMILES string of the molecule is CCc1oc2ccccc2c1C[NH+](C)Cn1nc([C@H]2CCS(=O)(=O)C2)oc1=S. The van der Waals surface area contributed by atoms with Gasteiger partial charge in [0.1, 0.15) is 17.9 Å². The molecule has 1 aliphatic rings. The Morgan fingerprint density at radius 3 is 2.82 bits per heavy atom. The topological polar surface area (TPSA) is 82.7 Å². The molecular weight excluding hydrogens is 398 g/mol. The lowest BCUT2D eigenvalue weighted by Crippen LogP contribution is -3.07. The molecule has 28 heavy (non-hydrogen) atoms. The molecule has 7 nitrogen and oxygen atoms in total. The quantitative estimate of drug-likeness (QED) is 0.613. The number of aryl methyl sites for hydroxylation is 1. The molecule has 0 saturated carbocycles. The molecule has 1 aliphatic heterocycles. The number of benzene rings is 1. The largest absolute Gasteiger partial charge is 0.461 e. The van der Waals surface area contributed by atoms with Crippen LogP contribution in [0.1, 0.15) is 36.5 Å². The number of sulfone groups is 1. The summed E-state index contributed by atoms with van der Waals surface area (Å²) in [6.07, 6.45) is 1.38. The maximum Gasteiger partial charge on any atom is 0.291 e. The number of rotatable bonds is 6. The molecule has 1 N–H and O–H groups in total. The Morgan fingerprint density at radius 2 is 2.11 bits per heavy atom. The molecule has 3 heterocycles. The number of hydrogen-bond acceptors (Lipinski definition) is 6. The zero-order chi connectivity index (χ0) is 19.9. The first kappa shape index (κ1) is 19.4. The van der Waals surface area contributed by atoms with Crippen LogP contribution in [-0.2, 0) is 29.5 Å². The Balaban J connectivity index is 1.52. The van der Waals surface area contributed by atoms with Gasteiger partial charge in [-0.1, -0.05) is 25.1 Å². The highest BCUT2D eigenvalue weighted by atomic mass is 32.2. The van der Waals surface area contributed by atoms with Gasteiger partial charge in [-0.05, 0) is 24.7 Å². The van der Waals surface area contributed by atoms with Crippen LogP contribution in [0.25, 0.3) is 11.0 Å². The van der Waals surface area contributed by atoms with E-state index in [1.54, 1.807) is 4.68 Å². The van der Waals surface area contributed by atoms with Crippen LogP contribution in [0.4, 0.5) is 0 Å². The molecule has 9 heteroatoms. The van der Waals surface area contributed by atoms with Crippen molar-refractivity contribution in [2.24, 2.45) is 0 Å². The molecule has 0 bridgehead atoms. The fraction of sp³-hybridized carbons (Fsp3) is 0.474. The Kier molecular flexibility index (Phi) is 5.15. The summed E-state index contributed by atoms with van der Waals surface area (Å²) in [7, 11) is -0.925. The molecule has 1 fully saturated rings. The predicted octanol–water partition coefficient (Wildman–Crippen LogP) is 2.09. The van der Waals surface area contributed by atoms with Gasteiger partial charge in [0, 0.05) is 11.8 Å². The third kappa shape index (κ3) is 3.78. The minimum absolute atomic E-state index is 0.0891. The molecule has 2 atom stereocenters. The zero-order valence-electron chi connectivity index (χ0n) is 16.0. The fourth-order valence-corrected chi connectivity index (χ4v) is 5.74. The van der Waals surface area contributed by atoms with Crippen LogP contribution in [0.5, 0.6) is 0 Å². The number of fused-ring (bicyclic) bond motifs is 1. The van der Waals surface area contributed by atoms with Gasteiger partial charge in [0.05, 0.1) is 30.0 Å². The average Bonchev–Trinajstić information content (AvgIpc) is 3.31. The van der Waals surface area contributed by atoms with E-state index in [4.69, 9.17) is 21.1 Å². The van der Waals surface area contributed by atoms with Crippen molar-refractivity contribution < 1.29 is 22.2 Å². The van der Waals surface area contributed by atoms with Crippen molar-refractivity contribution in [3.05, 3.63) is 46.3 Å². The molecule has 4 rings (SSSR count). The van der Waals surface area contributed by atoms with Gasteiger partial charge < -0.3 is 13.7 Å². The van der Waals surface area contributed by atoms with Crippen LogP contribution in [-0.4, -0.2) is 36.8 Å². The second-order valence-corrected chi connectivity index (χ2v) is 10.0. The number of para-hydroxylation sites is 1. The Morgan fingerprint density at radius 1 is 1.32 bits per heavy atom. The maximum absolute atomic E-state index is 11.7. The predicted molar refractivity (Wildman–Crippen MR) is 108 cm³/mol. The van der Waals surface area contributed by atoms with E-state index in [9.17, 15) is 8.42 Å². The third-order valence-corrected chi connectivity index (χ3v) is 7.27. The van der Waals surface area contributed by atoms with Crippen molar-refractivity contribution in [2.45, 2.75) is 38.9 Å². The van der Waals surface area contributed by atoms with Crippen LogP contribution in [0.3, 0.4) is 0 Å². The van der Waals surface area contributed by atoms with E-state index in [-0.39, 0.29) is 22.3 Å². The second-order valence-electron chi connectivity index (χ2n) is 7.45. The van der Waals surface area contributed by atoms with Crippen LogP contribution in [0, 0.1) is 4.84 Å². The Bertz CT molecular complexity index is 1160. The minimum atomic E-state index is -2.99. The Hall–Kier alpha value is -1.97. The summed E-state index contributed by atoms with van der Waals surface area (Å²) in [4.78, 5) is 1.46. The van der Waals surface area contributed by atoms with Gasteiger partial charge in [-0.3, -0.25) is 0 Å². The monoisotopic (exact) mass is 422 g/mol. The minimum Gasteiger partial charge on any atom is -0.461 e. The van der Waals surface area contributed by atoms with Crippen molar-refractivity contribution in [3.8, 4) is 0 Å². The van der Waals surface area contributed by atoms with E-state index < -0.39 is 9.84 Å². The Labute approximate surface area is 168 Å². The van der Waals surface area contributed by atoms with Gasteiger partial charge in [-0.2, -0.15) is 4.68 Å². The van der Waals surface area contributed by atoms with E-state index in [1.165, 1.54) is 10.5 Å². The molecule has 0 aliphatic carbocycles. The highest BCUT2D eigenvalue weighted by Gasteiger charge is 2.33. The van der Waals surface area contributed by atoms with Crippen molar-refractivity contribution in [3.63, 3.8) is 0 Å². The molecular formula is C19H24N3O4S2+. The molecule has 3 aromatic rings. The number of nitrogens with zero attached hydrogens (tertiary/aromatic N) is 2. The van der Waals surface area contributed by atoms with Crippen molar-refractivity contribution >= 4 is 33.0 Å². The summed E-state index contributed by atoms with van der Waals surface area (Å²) < 4.78 is 36.7. The molecule has 0 radical (unpaired) electrons. The van der Waals surface area contributed by atoms with Gasteiger partial charge in [0.15, 0.2) is 16.5 Å². The van der Waals surface area contributed by atoms with E-state index in [1.807, 2.05) is 18.2 Å². The first-order chi connectivity index (χ1) is 13.4. The van der Waals surface area contributed by atoms with E-state index in [2.05, 4.69) is 25.1 Å². The lowest BCUT2D eigenvalue weighted by atomic mass is 10.1. The smallest absolute Gasteiger partial charge is 0.291 e. The van der Waals surface area contributed by atoms with Crippen LogP contribution >= 0.6 is 12.2 Å². The molecule has 150 valence electrons. The van der Waals surface area contributed by atoms with E-state index >= 15 is 0 Å². The van der Waals surface area contributed by atoms with Crippen LogP contribution < -0.4 is 4.90 Å². The van der Waals surface area contributed by atoms with E-state index in [0.717, 1.165) is 29.7 Å². The number of nitrogens with one attached hydrogen (secondary N) is 1. The van der Waals surface area contributed by atoms with Gasteiger partial charge in [0.25, 0.3) is 4.84 Å². The zero-order valence-corrected chi connectivity index (χ0v) is 17.6. The molecule has 1 unspecified atom stereocenters. The number of aromatic nitrogens is 2. The lowest BCUT2D eigenvalue weighted by Gasteiger charge is -2.13. The summed E-state index contributed by atoms with van der Waals surface area (Å²) in [5.41, 5.74) is 2.11. The standard InChI is InChI=1S/C19H23N3O4S2/c1-3-16-15(14-6-4-5-7-17(14)25-16)10-21(2)12-22-19(27)26-18(20-22)13-8-9-28(23,24)11-13/h4-7,13H,3,8-12H2,1-2H3/p+1/t13-/m0/s1.